The molecule has 5 aromatic rings. The highest BCUT2D eigenvalue weighted by Crippen LogP contribution is 2.10. The monoisotopic (exact) mass is 743 g/mol. The van der Waals surface area contributed by atoms with Gasteiger partial charge in [-0.1, -0.05) is 44.2 Å². The van der Waals surface area contributed by atoms with Gasteiger partial charge in [-0.2, -0.15) is 9.97 Å². The van der Waals surface area contributed by atoms with E-state index in [2.05, 4.69) is 35.2 Å². The number of nitrogen functional groups attached to an aromatic ring is 2. The molecule has 0 radical (unpaired) electrons. The number of imidazole rings is 2. The van der Waals surface area contributed by atoms with E-state index in [9.17, 15) is 24.3 Å². The number of aliphatic hydroxyl groups excluding tert-OH is 3. The number of esters is 1. The molecule has 1 amide bonds. The Morgan fingerprint density at radius 2 is 1.32 bits per heavy atom. The van der Waals surface area contributed by atoms with Gasteiger partial charge >= 0.3 is 12.1 Å². The Morgan fingerprint density at radius 3 is 1.81 bits per heavy atom. The van der Waals surface area contributed by atoms with Crippen LogP contribution in [0.1, 0.15) is 19.4 Å². The van der Waals surface area contributed by atoms with Crippen molar-refractivity contribution in [3.63, 3.8) is 0 Å². The van der Waals surface area contributed by atoms with Crippen molar-refractivity contribution in [1.29, 1.82) is 0 Å². The lowest BCUT2D eigenvalue weighted by Gasteiger charge is -2.22. The molecule has 0 fully saturated rings. The Morgan fingerprint density at radius 1 is 0.811 bits per heavy atom. The van der Waals surface area contributed by atoms with E-state index in [0.717, 1.165) is 5.56 Å². The summed E-state index contributed by atoms with van der Waals surface area (Å²) in [5.74, 6) is -1.08. The van der Waals surface area contributed by atoms with Gasteiger partial charge in [0.25, 0.3) is 11.1 Å². The van der Waals surface area contributed by atoms with Crippen LogP contribution in [0.25, 0.3) is 22.3 Å². The minimum Gasteiger partial charge on any atom is -0.461 e. The van der Waals surface area contributed by atoms with Crippen molar-refractivity contribution in [1.82, 2.24) is 44.4 Å². The van der Waals surface area contributed by atoms with Crippen LogP contribution >= 0.6 is 0 Å². The number of hydrogen-bond donors (Lipinski definition) is 8. The van der Waals surface area contributed by atoms with Gasteiger partial charge in [0, 0.05) is 0 Å². The van der Waals surface area contributed by atoms with E-state index in [1.807, 2.05) is 30.3 Å². The van der Waals surface area contributed by atoms with Gasteiger partial charge in [-0.15, -0.1) is 0 Å². The maximum absolute atomic E-state index is 12.6. The molecule has 0 aliphatic heterocycles. The molecular weight excluding hydrogens is 702 g/mol. The van der Waals surface area contributed by atoms with E-state index in [4.69, 9.17) is 40.6 Å². The number of anilines is 2. The zero-order valence-corrected chi connectivity index (χ0v) is 28.7. The van der Waals surface area contributed by atoms with Crippen LogP contribution in [0.5, 0.6) is 0 Å². The number of aliphatic hydroxyl groups is 3. The molecule has 286 valence electrons. The first-order valence-corrected chi connectivity index (χ1v) is 16.0. The zero-order valence-electron chi connectivity index (χ0n) is 28.7. The summed E-state index contributed by atoms with van der Waals surface area (Å²) in [4.78, 5) is 68.6. The van der Waals surface area contributed by atoms with Crippen molar-refractivity contribution in [2.45, 2.75) is 52.2 Å². The summed E-state index contributed by atoms with van der Waals surface area (Å²) in [7, 11) is 0. The number of nitrogens with zero attached hydrogens (tertiary/aromatic N) is 6. The molecule has 22 heteroatoms. The molecule has 53 heavy (non-hydrogen) atoms. The second-order valence-electron chi connectivity index (χ2n) is 11.6. The molecule has 10 N–H and O–H groups in total. The molecule has 0 spiro atoms. The smallest absolute Gasteiger partial charge is 0.408 e. The molecule has 0 saturated carbocycles. The lowest BCUT2D eigenvalue weighted by molar-refractivity contribution is -0.154. The molecule has 5 rings (SSSR count). The number of nitrogens with one attached hydrogen (secondary N) is 3. The number of hydrogen-bond acceptors (Lipinski definition) is 17. The average Bonchev–Trinajstić information content (AvgIpc) is 3.75. The minimum absolute atomic E-state index is 0.00181. The van der Waals surface area contributed by atoms with Crippen LogP contribution in [0.3, 0.4) is 0 Å². The van der Waals surface area contributed by atoms with Gasteiger partial charge in [-0.25, -0.2) is 19.6 Å². The fourth-order valence-electron chi connectivity index (χ4n) is 4.47. The third-order valence-electron chi connectivity index (χ3n) is 7.31. The van der Waals surface area contributed by atoms with Gasteiger partial charge in [0.15, 0.2) is 22.3 Å². The van der Waals surface area contributed by atoms with Crippen molar-refractivity contribution in [2.24, 2.45) is 5.92 Å². The molecule has 4 aromatic heterocycles. The Balaban J connectivity index is 0.000000291. The highest BCUT2D eigenvalue weighted by molar-refractivity contribution is 5.81. The normalized spacial score (nSPS) is 12.4. The number of H-pyrrole nitrogens is 2. The SMILES string of the molecule is CC(C)[C@@H](NC(=O)OCc1ccccc1)C(=O)OCC(CO)OCn1cnc2c(=O)[nH]c(N)nc21.Nc1nc2c(ncn2COC(CO)CO)c(=O)[nH]1. The maximum Gasteiger partial charge on any atom is 0.408 e. The summed E-state index contributed by atoms with van der Waals surface area (Å²) in [6, 6.07) is 8.16. The summed E-state index contributed by atoms with van der Waals surface area (Å²) in [5.41, 5.74) is 11.6. The van der Waals surface area contributed by atoms with Crippen LogP contribution < -0.4 is 27.9 Å². The number of benzene rings is 1. The third-order valence-corrected chi connectivity index (χ3v) is 7.31. The molecule has 0 saturated heterocycles. The van der Waals surface area contributed by atoms with E-state index in [1.165, 1.54) is 21.8 Å². The molecule has 1 aromatic carbocycles. The van der Waals surface area contributed by atoms with E-state index >= 15 is 0 Å². The van der Waals surface area contributed by atoms with Crippen LogP contribution in [-0.2, 0) is 43.8 Å². The minimum atomic E-state index is -0.964. The van der Waals surface area contributed by atoms with Gasteiger partial charge < -0.3 is 51.1 Å². The summed E-state index contributed by atoms with van der Waals surface area (Å²) in [6.07, 6.45) is 0.383. The molecule has 0 aliphatic rings. The number of rotatable bonds is 16. The van der Waals surface area contributed by atoms with E-state index in [0.29, 0.717) is 0 Å². The molecule has 1 unspecified atom stereocenters. The number of fused-ring (bicyclic) bond motifs is 2. The van der Waals surface area contributed by atoms with Gasteiger partial charge in [0.1, 0.15) is 44.9 Å². The van der Waals surface area contributed by atoms with Gasteiger partial charge in [0.2, 0.25) is 11.9 Å². The molecule has 4 heterocycles. The van der Waals surface area contributed by atoms with Crippen LogP contribution in [0.2, 0.25) is 0 Å². The number of aromatic nitrogens is 8. The van der Waals surface area contributed by atoms with Crippen LogP contribution in [0, 0.1) is 5.92 Å². The first kappa shape index (κ1) is 39.8. The van der Waals surface area contributed by atoms with E-state index < -0.39 is 48.0 Å². The van der Waals surface area contributed by atoms with Crippen molar-refractivity contribution in [3.8, 4) is 0 Å². The largest absolute Gasteiger partial charge is 0.461 e. The second kappa shape index (κ2) is 19.1. The molecule has 2 atom stereocenters. The summed E-state index contributed by atoms with van der Waals surface area (Å²) in [5, 5.41) is 29.8. The van der Waals surface area contributed by atoms with Crippen molar-refractivity contribution < 1.29 is 43.9 Å². The quantitative estimate of drug-likeness (QED) is 0.0536. The maximum atomic E-state index is 12.6. The standard InChI is InChI=1S/C22H28N6O7.C9H13N5O4/c1-13(2)16(25-22(32)34-9-14-6-4-3-5-7-14)20(31)33-10-15(8-29)35-12-28-11-24-17-18(28)26-21(23)27-19(17)30;10-9-12-7-6(8(17)13-9)11-3-14(7)4-18-5(1-15)2-16/h3-7,11,13,15-16,29H,8-10,12H2,1-2H3,(H,25,32)(H3,23,26,27,30);3,5,15-16H,1-2,4H2,(H3,10,12,13,17)/t15?,16-;/m1./s1. The number of carbonyl (C=O) groups is 2. The van der Waals surface area contributed by atoms with Gasteiger partial charge in [-0.3, -0.25) is 28.7 Å². The highest BCUT2D eigenvalue weighted by atomic mass is 16.6. The Labute approximate surface area is 299 Å². The third kappa shape index (κ3) is 11.0. The predicted octanol–water partition coefficient (Wildman–Crippen LogP) is -1.44. The lowest BCUT2D eigenvalue weighted by atomic mass is 10.1. The zero-order chi connectivity index (χ0) is 38.5. The first-order valence-electron chi connectivity index (χ1n) is 16.0. The number of amides is 1. The first-order chi connectivity index (χ1) is 25.4. The molecule has 0 bridgehead atoms. The van der Waals surface area contributed by atoms with Crippen LogP contribution in [0.4, 0.5) is 16.7 Å². The van der Waals surface area contributed by atoms with Crippen molar-refractivity contribution >= 4 is 46.3 Å². The van der Waals surface area contributed by atoms with Gasteiger partial charge in [-0.05, 0) is 11.5 Å². The summed E-state index contributed by atoms with van der Waals surface area (Å²) in [6.45, 7) is 2.07. The van der Waals surface area contributed by atoms with Gasteiger partial charge in [0.05, 0.1) is 32.5 Å². The highest BCUT2D eigenvalue weighted by Gasteiger charge is 2.27. The van der Waals surface area contributed by atoms with Crippen molar-refractivity contribution in [3.05, 3.63) is 69.3 Å². The molecule has 22 nitrogen and oxygen atoms in total. The van der Waals surface area contributed by atoms with E-state index in [-0.39, 0.29) is 80.0 Å². The summed E-state index contributed by atoms with van der Waals surface area (Å²) < 4.78 is 24.1. The fraction of sp³-hybridized carbons (Fsp3) is 0.419. The second-order valence-corrected chi connectivity index (χ2v) is 11.6. The topological polar surface area (TPSA) is 323 Å². The molecular formula is C31H41N11O11. The number of nitrogens with two attached hydrogens (primary N) is 2. The van der Waals surface area contributed by atoms with Crippen LogP contribution in [0.15, 0.2) is 52.6 Å². The van der Waals surface area contributed by atoms with E-state index in [1.54, 1.807) is 13.8 Å². The number of aromatic amines is 2. The Bertz CT molecular complexity index is 2060. The lowest BCUT2D eigenvalue weighted by Crippen LogP contribution is -2.46. The number of carbonyl (C=O) groups excluding carboxylic acids is 2. The molecule has 0 aliphatic carbocycles. The average molecular weight is 744 g/mol. The number of alkyl carbamates (subject to hydrolysis) is 1. The Kier molecular flexibility index (Phi) is 14.3. The summed E-state index contributed by atoms with van der Waals surface area (Å²) >= 11 is 0. The van der Waals surface area contributed by atoms with Crippen molar-refractivity contribution in [2.75, 3.05) is 37.9 Å². The number of ether oxygens (including phenoxy) is 4. The fourth-order valence-corrected chi connectivity index (χ4v) is 4.47. The Hall–Kier alpha value is -5.94. The predicted molar refractivity (Wildman–Crippen MR) is 185 cm³/mol. The van der Waals surface area contributed by atoms with Crippen LogP contribution in [-0.4, -0.2) is 111 Å².